The predicted molar refractivity (Wildman–Crippen MR) is 151 cm³/mol. The highest BCUT2D eigenvalue weighted by Gasteiger charge is 2.31. The van der Waals surface area contributed by atoms with Gasteiger partial charge in [0.25, 0.3) is 0 Å². The van der Waals surface area contributed by atoms with Crippen molar-refractivity contribution in [3.63, 3.8) is 0 Å². The van der Waals surface area contributed by atoms with Crippen LogP contribution in [-0.2, 0) is 22.6 Å². The van der Waals surface area contributed by atoms with E-state index >= 15 is 0 Å². The highest BCUT2D eigenvalue weighted by molar-refractivity contribution is 7.99. The van der Waals surface area contributed by atoms with E-state index in [1.807, 2.05) is 44.2 Å². The Morgan fingerprint density at radius 3 is 2.25 bits per heavy atom. The molecule has 0 aliphatic rings. The topological polar surface area (TPSA) is 49.4 Å². The molecule has 0 unspecified atom stereocenters. The molecule has 1 N–H and O–H groups in total. The largest absolute Gasteiger partial charge is 0.354 e. The summed E-state index contributed by atoms with van der Waals surface area (Å²) in [4.78, 5) is 29.8. The van der Waals surface area contributed by atoms with Crippen molar-refractivity contribution in [1.29, 1.82) is 0 Å². The average Bonchev–Trinajstić information content (AvgIpc) is 2.88. The molecule has 0 aromatic heterocycles. The van der Waals surface area contributed by atoms with Crippen LogP contribution in [0.3, 0.4) is 0 Å². The van der Waals surface area contributed by atoms with Gasteiger partial charge in [-0.25, -0.2) is 0 Å². The van der Waals surface area contributed by atoms with E-state index in [2.05, 4.69) is 29.6 Å². The number of carbonyl (C=O) groups is 2. The van der Waals surface area contributed by atoms with Crippen molar-refractivity contribution in [3.8, 4) is 0 Å². The summed E-state index contributed by atoms with van der Waals surface area (Å²) in [5, 5.41) is 3.93. The van der Waals surface area contributed by atoms with E-state index < -0.39 is 6.04 Å². The van der Waals surface area contributed by atoms with Crippen LogP contribution in [0.4, 0.5) is 0 Å². The Morgan fingerprint density at radius 1 is 0.944 bits per heavy atom. The number of benzene rings is 3. The number of aryl methyl sites for hydroxylation is 1. The third kappa shape index (κ3) is 8.29. The molecule has 3 rings (SSSR count). The summed E-state index contributed by atoms with van der Waals surface area (Å²) < 4.78 is 0. The van der Waals surface area contributed by atoms with Crippen LogP contribution < -0.4 is 5.32 Å². The molecular formula is C29H32Cl2N2O2S. The van der Waals surface area contributed by atoms with Crippen molar-refractivity contribution in [1.82, 2.24) is 10.2 Å². The normalized spacial score (nSPS) is 11.7. The number of carbonyl (C=O) groups excluding carboxylic acids is 2. The molecule has 0 bridgehead atoms. The average molecular weight is 544 g/mol. The van der Waals surface area contributed by atoms with Crippen LogP contribution in [-0.4, -0.2) is 35.1 Å². The first-order valence-corrected chi connectivity index (χ1v) is 13.9. The Labute approximate surface area is 228 Å². The van der Waals surface area contributed by atoms with Crippen molar-refractivity contribution < 1.29 is 9.59 Å². The SMILES string of the molecule is CCCNC(=O)[C@@H](Cc1ccccc1)N(Cc1c(Cl)cccc1Cl)C(=O)CCSc1ccc(C)cc1. The fourth-order valence-electron chi connectivity index (χ4n) is 3.81. The third-order valence-electron chi connectivity index (χ3n) is 5.82. The maximum Gasteiger partial charge on any atom is 0.243 e. The van der Waals surface area contributed by atoms with Crippen molar-refractivity contribution in [3.05, 3.63) is 99.5 Å². The molecule has 3 aromatic carbocycles. The van der Waals surface area contributed by atoms with Gasteiger partial charge in [0.15, 0.2) is 0 Å². The maximum absolute atomic E-state index is 13.7. The second-order valence-electron chi connectivity index (χ2n) is 8.63. The molecule has 0 spiro atoms. The molecule has 0 heterocycles. The summed E-state index contributed by atoms with van der Waals surface area (Å²) in [7, 11) is 0. The monoisotopic (exact) mass is 542 g/mol. The van der Waals surface area contributed by atoms with Crippen LogP contribution in [0, 0.1) is 6.92 Å². The molecule has 0 radical (unpaired) electrons. The van der Waals surface area contributed by atoms with E-state index in [1.165, 1.54) is 5.56 Å². The predicted octanol–water partition coefficient (Wildman–Crippen LogP) is 6.95. The molecule has 0 fully saturated rings. The van der Waals surface area contributed by atoms with Crippen molar-refractivity contribution in [2.24, 2.45) is 0 Å². The summed E-state index contributed by atoms with van der Waals surface area (Å²) in [5.41, 5.74) is 2.81. The fraction of sp³-hybridized carbons (Fsp3) is 0.310. The Kier molecular flexibility index (Phi) is 11.2. The number of halogens is 2. The lowest BCUT2D eigenvalue weighted by Gasteiger charge is -2.32. The molecule has 4 nitrogen and oxygen atoms in total. The van der Waals surface area contributed by atoms with E-state index in [0.29, 0.717) is 34.3 Å². The zero-order valence-corrected chi connectivity index (χ0v) is 23.0. The van der Waals surface area contributed by atoms with E-state index in [0.717, 1.165) is 16.9 Å². The number of nitrogens with one attached hydrogen (secondary N) is 1. The van der Waals surface area contributed by atoms with Crippen LogP contribution in [0.25, 0.3) is 0 Å². The minimum Gasteiger partial charge on any atom is -0.354 e. The van der Waals surface area contributed by atoms with Gasteiger partial charge in [0.05, 0.1) is 0 Å². The van der Waals surface area contributed by atoms with Gasteiger partial charge in [-0.3, -0.25) is 9.59 Å². The molecule has 0 saturated heterocycles. The van der Waals surface area contributed by atoms with Crippen molar-refractivity contribution in [2.45, 2.75) is 50.6 Å². The molecule has 2 amide bonds. The van der Waals surface area contributed by atoms with E-state index in [9.17, 15) is 9.59 Å². The molecule has 0 aliphatic heterocycles. The maximum atomic E-state index is 13.7. The Bertz CT molecular complexity index is 1120. The number of amides is 2. The highest BCUT2D eigenvalue weighted by atomic mass is 35.5. The first-order valence-electron chi connectivity index (χ1n) is 12.1. The van der Waals surface area contributed by atoms with Crippen molar-refractivity contribution >= 4 is 46.8 Å². The summed E-state index contributed by atoms with van der Waals surface area (Å²) in [5.74, 6) is 0.310. The smallest absolute Gasteiger partial charge is 0.243 e. The number of nitrogens with zero attached hydrogens (tertiary/aromatic N) is 1. The Hall–Kier alpha value is -2.47. The lowest BCUT2D eigenvalue weighted by Crippen LogP contribution is -2.50. The van der Waals surface area contributed by atoms with Gasteiger partial charge in [0, 0.05) is 52.2 Å². The lowest BCUT2D eigenvalue weighted by molar-refractivity contribution is -0.141. The minimum absolute atomic E-state index is 0.113. The zero-order chi connectivity index (χ0) is 25.9. The van der Waals surface area contributed by atoms with Gasteiger partial charge in [-0.05, 0) is 43.2 Å². The summed E-state index contributed by atoms with van der Waals surface area (Å²) >= 11 is 14.6. The molecule has 190 valence electrons. The zero-order valence-electron chi connectivity index (χ0n) is 20.7. The molecule has 3 aromatic rings. The lowest BCUT2D eigenvalue weighted by atomic mass is 10.0. The van der Waals surface area contributed by atoms with Crippen LogP contribution in [0.15, 0.2) is 77.7 Å². The molecular weight excluding hydrogens is 511 g/mol. The third-order valence-corrected chi connectivity index (χ3v) is 7.54. The second-order valence-corrected chi connectivity index (χ2v) is 10.6. The second kappa shape index (κ2) is 14.3. The number of hydrogen-bond donors (Lipinski definition) is 1. The van der Waals surface area contributed by atoms with Crippen LogP contribution >= 0.6 is 35.0 Å². The summed E-state index contributed by atoms with van der Waals surface area (Å²) in [6.45, 7) is 4.75. The minimum atomic E-state index is -0.692. The molecule has 1 atom stereocenters. The van der Waals surface area contributed by atoms with Gasteiger partial charge in [-0.2, -0.15) is 0 Å². The quantitative estimate of drug-likeness (QED) is 0.252. The number of rotatable bonds is 12. The standard InChI is InChI=1S/C29H32Cl2N2O2S/c1-3-17-32-29(35)27(19-22-8-5-4-6-9-22)33(20-24-25(30)10-7-11-26(24)31)28(34)16-18-36-23-14-12-21(2)13-15-23/h4-15,27H,3,16-20H2,1-2H3,(H,32,35)/t27-/m1/s1. The van der Waals surface area contributed by atoms with E-state index in [4.69, 9.17) is 23.2 Å². The van der Waals surface area contributed by atoms with Crippen LogP contribution in [0.5, 0.6) is 0 Å². The molecule has 36 heavy (non-hydrogen) atoms. The van der Waals surface area contributed by atoms with Gasteiger partial charge in [0.1, 0.15) is 6.04 Å². The van der Waals surface area contributed by atoms with Gasteiger partial charge in [-0.15, -0.1) is 11.8 Å². The first kappa shape index (κ1) is 28.1. The summed E-state index contributed by atoms with van der Waals surface area (Å²) in [6, 6.07) is 22.6. The van der Waals surface area contributed by atoms with Crippen LogP contribution in [0.2, 0.25) is 10.0 Å². The van der Waals surface area contributed by atoms with Gasteiger partial charge in [0.2, 0.25) is 11.8 Å². The highest BCUT2D eigenvalue weighted by Crippen LogP contribution is 2.28. The van der Waals surface area contributed by atoms with Crippen molar-refractivity contribution in [2.75, 3.05) is 12.3 Å². The Morgan fingerprint density at radius 2 is 1.61 bits per heavy atom. The number of hydrogen-bond acceptors (Lipinski definition) is 3. The summed E-state index contributed by atoms with van der Waals surface area (Å²) in [6.07, 6.45) is 1.49. The van der Waals surface area contributed by atoms with Gasteiger partial charge in [-0.1, -0.05) is 84.2 Å². The Balaban J connectivity index is 1.87. The molecule has 0 aliphatic carbocycles. The molecule has 0 saturated carbocycles. The van der Waals surface area contributed by atoms with Gasteiger partial charge >= 0.3 is 0 Å². The van der Waals surface area contributed by atoms with Gasteiger partial charge < -0.3 is 10.2 Å². The van der Waals surface area contributed by atoms with E-state index in [1.54, 1.807) is 34.9 Å². The van der Waals surface area contributed by atoms with E-state index in [-0.39, 0.29) is 24.8 Å². The fourth-order valence-corrected chi connectivity index (χ4v) is 5.17. The number of thioether (sulfide) groups is 1. The molecule has 7 heteroatoms. The van der Waals surface area contributed by atoms with Crippen LogP contribution in [0.1, 0.15) is 36.5 Å². The first-order chi connectivity index (χ1) is 17.4.